The van der Waals surface area contributed by atoms with Gasteiger partial charge in [0.05, 0.1) is 25.1 Å². The third-order valence-corrected chi connectivity index (χ3v) is 2.27. The molecule has 0 amide bonds. The van der Waals surface area contributed by atoms with E-state index in [1.807, 2.05) is 0 Å². The number of esters is 1. The molecule has 1 aromatic heterocycles. The number of carbonyl (C=O) groups excluding carboxylic acids is 1. The predicted octanol–water partition coefficient (Wildman–Crippen LogP) is 0.520. The highest BCUT2D eigenvalue weighted by Crippen LogP contribution is 2.12. The Hall–Kier alpha value is -1.36. The van der Waals surface area contributed by atoms with Gasteiger partial charge in [0.25, 0.3) is 0 Å². The fraction of sp³-hybridized carbons (Fsp3) is 0.600. The van der Waals surface area contributed by atoms with Crippen molar-refractivity contribution < 1.29 is 14.6 Å². The normalized spacial score (nSPS) is 12.5. The van der Waals surface area contributed by atoms with Gasteiger partial charge in [-0.1, -0.05) is 0 Å². The van der Waals surface area contributed by atoms with Crippen molar-refractivity contribution in [1.29, 1.82) is 0 Å². The van der Waals surface area contributed by atoms with Crippen LogP contribution >= 0.6 is 0 Å². The first kappa shape index (κ1) is 11.7. The number of methoxy groups -OCH3 is 1. The number of hydrogen-bond donors (Lipinski definition) is 1. The molecule has 0 bridgehead atoms. The summed E-state index contributed by atoms with van der Waals surface area (Å²) in [6.07, 6.45) is 2.32. The van der Waals surface area contributed by atoms with E-state index in [0.717, 1.165) is 5.69 Å². The zero-order chi connectivity index (χ0) is 11.4. The van der Waals surface area contributed by atoms with Crippen molar-refractivity contribution >= 4 is 5.97 Å². The topological polar surface area (TPSA) is 64.3 Å². The minimum absolute atomic E-state index is 0.384. The van der Waals surface area contributed by atoms with Gasteiger partial charge in [0.1, 0.15) is 5.56 Å². The lowest BCUT2D eigenvalue weighted by Crippen LogP contribution is -2.10. The largest absolute Gasteiger partial charge is 0.465 e. The summed E-state index contributed by atoms with van der Waals surface area (Å²) in [6.45, 7) is 1.72. The van der Waals surface area contributed by atoms with Crippen molar-refractivity contribution in [2.45, 2.75) is 25.9 Å². The summed E-state index contributed by atoms with van der Waals surface area (Å²) in [5.74, 6) is -0.385. The number of nitrogens with zero attached hydrogens (tertiary/aromatic N) is 2. The second-order valence-electron chi connectivity index (χ2n) is 3.51. The van der Waals surface area contributed by atoms with Gasteiger partial charge in [-0.05, 0) is 19.8 Å². The average molecular weight is 212 g/mol. The second kappa shape index (κ2) is 4.93. The molecule has 1 N–H and O–H groups in total. The molecule has 0 spiro atoms. The molecule has 0 fully saturated rings. The lowest BCUT2D eigenvalue weighted by atomic mass is 10.1. The summed E-state index contributed by atoms with van der Waals surface area (Å²) in [7, 11) is 3.11. The number of hydrogen-bond acceptors (Lipinski definition) is 4. The summed E-state index contributed by atoms with van der Waals surface area (Å²) in [4.78, 5) is 11.4. The second-order valence-corrected chi connectivity index (χ2v) is 3.51. The standard InChI is InChI=1S/C10H16N2O3/c1-7(13)4-5-9-8(10(14)15-3)6-11-12(9)2/h6-7,13H,4-5H2,1-3H3/t7-/m0/s1. The minimum Gasteiger partial charge on any atom is -0.465 e. The Labute approximate surface area is 88.7 Å². The van der Waals surface area contributed by atoms with E-state index < -0.39 is 0 Å². The van der Waals surface area contributed by atoms with E-state index in [1.54, 1.807) is 18.7 Å². The molecule has 1 rings (SSSR count). The van der Waals surface area contributed by atoms with Gasteiger partial charge in [-0.25, -0.2) is 4.79 Å². The van der Waals surface area contributed by atoms with Crippen LogP contribution in [0.3, 0.4) is 0 Å². The monoisotopic (exact) mass is 212 g/mol. The van der Waals surface area contributed by atoms with E-state index in [2.05, 4.69) is 9.84 Å². The maximum Gasteiger partial charge on any atom is 0.341 e. The zero-order valence-corrected chi connectivity index (χ0v) is 9.23. The van der Waals surface area contributed by atoms with Gasteiger partial charge in [0.2, 0.25) is 0 Å². The van der Waals surface area contributed by atoms with E-state index in [1.165, 1.54) is 13.3 Å². The fourth-order valence-corrected chi connectivity index (χ4v) is 1.39. The van der Waals surface area contributed by atoms with Gasteiger partial charge < -0.3 is 9.84 Å². The molecule has 0 saturated carbocycles. The molecule has 0 unspecified atom stereocenters. The molecule has 15 heavy (non-hydrogen) atoms. The highest BCUT2D eigenvalue weighted by Gasteiger charge is 2.16. The molecular weight excluding hydrogens is 196 g/mol. The van der Waals surface area contributed by atoms with Crippen LogP contribution in [-0.4, -0.2) is 34.1 Å². The van der Waals surface area contributed by atoms with Gasteiger partial charge in [0.15, 0.2) is 0 Å². The molecular formula is C10H16N2O3. The first-order chi connectivity index (χ1) is 7.06. The number of aliphatic hydroxyl groups excluding tert-OH is 1. The van der Waals surface area contributed by atoms with Gasteiger partial charge in [-0.2, -0.15) is 5.10 Å². The highest BCUT2D eigenvalue weighted by atomic mass is 16.5. The van der Waals surface area contributed by atoms with Crippen molar-refractivity contribution in [3.63, 3.8) is 0 Å². The van der Waals surface area contributed by atoms with E-state index in [9.17, 15) is 9.90 Å². The lowest BCUT2D eigenvalue weighted by Gasteiger charge is -2.06. The van der Waals surface area contributed by atoms with E-state index in [-0.39, 0.29) is 12.1 Å². The van der Waals surface area contributed by atoms with Crippen molar-refractivity contribution in [2.75, 3.05) is 7.11 Å². The maximum atomic E-state index is 11.4. The highest BCUT2D eigenvalue weighted by molar-refractivity contribution is 5.90. The molecule has 5 nitrogen and oxygen atoms in total. The zero-order valence-electron chi connectivity index (χ0n) is 9.23. The fourth-order valence-electron chi connectivity index (χ4n) is 1.39. The molecule has 0 aliphatic carbocycles. The Balaban J connectivity index is 2.84. The van der Waals surface area contributed by atoms with Crippen LogP contribution in [0.4, 0.5) is 0 Å². The van der Waals surface area contributed by atoms with Gasteiger partial charge in [0, 0.05) is 7.05 Å². The van der Waals surface area contributed by atoms with Crippen molar-refractivity contribution in [2.24, 2.45) is 7.05 Å². The van der Waals surface area contributed by atoms with Crippen LogP contribution < -0.4 is 0 Å². The third-order valence-electron chi connectivity index (χ3n) is 2.27. The predicted molar refractivity (Wildman–Crippen MR) is 54.5 cm³/mol. The molecule has 1 atom stereocenters. The summed E-state index contributed by atoms with van der Waals surface area (Å²) in [6, 6.07) is 0. The summed E-state index contributed by atoms with van der Waals surface area (Å²) in [5, 5.41) is 13.2. The van der Waals surface area contributed by atoms with E-state index >= 15 is 0 Å². The first-order valence-corrected chi connectivity index (χ1v) is 4.83. The van der Waals surface area contributed by atoms with Gasteiger partial charge >= 0.3 is 5.97 Å². The van der Waals surface area contributed by atoms with Crippen molar-refractivity contribution in [3.8, 4) is 0 Å². The van der Waals surface area contributed by atoms with E-state index in [0.29, 0.717) is 18.4 Å². The number of rotatable bonds is 4. The number of aliphatic hydroxyl groups is 1. The van der Waals surface area contributed by atoms with Crippen LogP contribution in [0, 0.1) is 0 Å². The van der Waals surface area contributed by atoms with Crippen molar-refractivity contribution in [1.82, 2.24) is 9.78 Å². The number of aryl methyl sites for hydroxylation is 1. The smallest absolute Gasteiger partial charge is 0.341 e. The molecule has 1 aromatic rings. The summed E-state index contributed by atoms with van der Waals surface area (Å²) < 4.78 is 6.28. The first-order valence-electron chi connectivity index (χ1n) is 4.83. The van der Waals surface area contributed by atoms with Crippen LogP contribution in [0.5, 0.6) is 0 Å². The molecule has 84 valence electrons. The van der Waals surface area contributed by atoms with Gasteiger partial charge in [-0.15, -0.1) is 0 Å². The molecule has 0 aromatic carbocycles. The Morgan fingerprint density at radius 1 is 1.73 bits per heavy atom. The number of aromatic nitrogens is 2. The average Bonchev–Trinajstić information content (AvgIpc) is 2.55. The maximum absolute atomic E-state index is 11.4. The Morgan fingerprint density at radius 2 is 2.40 bits per heavy atom. The molecule has 0 aliphatic rings. The van der Waals surface area contributed by atoms with Gasteiger partial charge in [-0.3, -0.25) is 4.68 Å². The summed E-state index contributed by atoms with van der Waals surface area (Å²) >= 11 is 0. The van der Waals surface area contributed by atoms with Crippen LogP contribution in [0.15, 0.2) is 6.20 Å². The molecule has 0 radical (unpaired) electrons. The van der Waals surface area contributed by atoms with Crippen LogP contribution in [0.2, 0.25) is 0 Å². The molecule has 1 heterocycles. The van der Waals surface area contributed by atoms with Crippen LogP contribution in [0.1, 0.15) is 29.4 Å². The van der Waals surface area contributed by atoms with Crippen molar-refractivity contribution in [3.05, 3.63) is 17.5 Å². The summed E-state index contributed by atoms with van der Waals surface area (Å²) in [5.41, 5.74) is 1.27. The van der Waals surface area contributed by atoms with E-state index in [4.69, 9.17) is 0 Å². The van der Waals surface area contributed by atoms with Crippen LogP contribution in [-0.2, 0) is 18.2 Å². The third kappa shape index (κ3) is 2.79. The Morgan fingerprint density at radius 3 is 2.93 bits per heavy atom. The SMILES string of the molecule is COC(=O)c1cnn(C)c1CC[C@H](C)O. The molecule has 0 aliphatic heterocycles. The Kier molecular flexibility index (Phi) is 3.85. The Bertz CT molecular complexity index is 344. The molecule has 5 heteroatoms. The quantitative estimate of drug-likeness (QED) is 0.739. The number of ether oxygens (including phenoxy) is 1. The molecule has 0 saturated heterocycles. The minimum atomic E-state index is -0.385. The lowest BCUT2D eigenvalue weighted by molar-refractivity contribution is 0.0598. The van der Waals surface area contributed by atoms with Crippen LogP contribution in [0.25, 0.3) is 0 Å². The number of carbonyl (C=O) groups is 1.